The van der Waals surface area contributed by atoms with Gasteiger partial charge in [0.15, 0.2) is 0 Å². The first-order valence-corrected chi connectivity index (χ1v) is 16.0. The summed E-state index contributed by atoms with van der Waals surface area (Å²) in [7, 11) is 0. The van der Waals surface area contributed by atoms with Gasteiger partial charge in [0.05, 0.1) is 13.2 Å². The highest BCUT2D eigenvalue weighted by Crippen LogP contribution is 2.30. The summed E-state index contributed by atoms with van der Waals surface area (Å²) in [6.45, 7) is 11.9. The summed E-state index contributed by atoms with van der Waals surface area (Å²) < 4.78 is 39.2. The van der Waals surface area contributed by atoms with Crippen LogP contribution in [0.2, 0.25) is 0 Å². The Hall–Kier alpha value is -3.53. The zero-order valence-electron chi connectivity index (χ0n) is 26.7. The number of morpholine rings is 1. The highest BCUT2D eigenvalue weighted by Gasteiger charge is 2.33. The molecule has 5 rings (SSSR count). The highest BCUT2D eigenvalue weighted by molar-refractivity contribution is 5.68. The van der Waals surface area contributed by atoms with E-state index in [0.29, 0.717) is 25.8 Å². The molecule has 0 spiro atoms. The van der Waals surface area contributed by atoms with Gasteiger partial charge in [0, 0.05) is 56.0 Å². The van der Waals surface area contributed by atoms with Crippen molar-refractivity contribution in [1.29, 1.82) is 0 Å². The van der Waals surface area contributed by atoms with Crippen molar-refractivity contribution < 1.29 is 23.0 Å². The van der Waals surface area contributed by atoms with E-state index in [-0.39, 0.29) is 30.3 Å². The summed E-state index contributed by atoms with van der Waals surface area (Å²) in [6.07, 6.45) is 1.50. The van der Waals surface area contributed by atoms with Crippen LogP contribution in [0.25, 0.3) is 0 Å². The van der Waals surface area contributed by atoms with Crippen LogP contribution in [0, 0.1) is 11.6 Å². The van der Waals surface area contributed by atoms with Gasteiger partial charge in [0.1, 0.15) is 18.2 Å². The van der Waals surface area contributed by atoms with Crippen LogP contribution in [0.3, 0.4) is 0 Å². The zero-order valence-corrected chi connectivity index (χ0v) is 26.7. The van der Waals surface area contributed by atoms with E-state index >= 15 is 0 Å². The van der Waals surface area contributed by atoms with Gasteiger partial charge in [-0.25, -0.2) is 13.6 Å². The molecule has 2 unspecified atom stereocenters. The van der Waals surface area contributed by atoms with Crippen LogP contribution in [-0.2, 0) is 35.3 Å². The van der Waals surface area contributed by atoms with Crippen molar-refractivity contribution in [1.82, 2.24) is 15.1 Å². The highest BCUT2D eigenvalue weighted by atomic mass is 19.1. The molecule has 0 bridgehead atoms. The lowest BCUT2D eigenvalue weighted by atomic mass is 9.88. The second-order valence-corrected chi connectivity index (χ2v) is 13.2. The Balaban J connectivity index is 1.33. The maximum atomic E-state index is 14.3. The minimum absolute atomic E-state index is 0.00478. The third kappa shape index (κ3) is 9.98. The Bertz CT molecular complexity index is 1390. The molecule has 2 atom stereocenters. The van der Waals surface area contributed by atoms with Gasteiger partial charge in [-0.2, -0.15) is 0 Å². The summed E-state index contributed by atoms with van der Waals surface area (Å²) in [6, 6.07) is 19.9. The molecule has 3 aromatic rings. The average molecular weight is 621 g/mol. The number of anilines is 1. The number of halogens is 2. The second-order valence-electron chi connectivity index (χ2n) is 13.2. The van der Waals surface area contributed by atoms with Crippen molar-refractivity contribution in [3.63, 3.8) is 0 Å². The lowest BCUT2D eigenvalue weighted by Gasteiger charge is -2.42. The summed E-state index contributed by atoms with van der Waals surface area (Å²) in [5.41, 5.74) is 4.82. The molecular weight excluding hydrogens is 574 g/mol. The van der Waals surface area contributed by atoms with Gasteiger partial charge in [-0.05, 0) is 98.7 Å². The fraction of sp³-hybridized carbons (Fsp3) is 0.472. The molecule has 7 nitrogen and oxygen atoms in total. The van der Waals surface area contributed by atoms with Crippen LogP contribution in [0.1, 0.15) is 43.0 Å². The molecule has 0 aliphatic carbocycles. The number of alkyl carbamates (subject to hydrolysis) is 1. The number of benzene rings is 3. The van der Waals surface area contributed by atoms with E-state index in [1.165, 1.54) is 18.2 Å². The molecule has 0 aromatic heterocycles. The lowest BCUT2D eigenvalue weighted by Crippen LogP contribution is -2.51. The van der Waals surface area contributed by atoms with E-state index < -0.39 is 11.6 Å². The average Bonchev–Trinajstić information content (AvgIpc) is 3.00. The Morgan fingerprint density at radius 1 is 0.956 bits per heavy atom. The van der Waals surface area contributed by atoms with Crippen molar-refractivity contribution in [2.45, 2.75) is 64.2 Å². The van der Waals surface area contributed by atoms with Gasteiger partial charge in [0.25, 0.3) is 0 Å². The predicted molar refractivity (Wildman–Crippen MR) is 173 cm³/mol. The van der Waals surface area contributed by atoms with Crippen LogP contribution in [0.15, 0.2) is 66.7 Å². The smallest absolute Gasteiger partial charge is 0.407 e. The van der Waals surface area contributed by atoms with Gasteiger partial charge in [-0.15, -0.1) is 0 Å². The number of rotatable bonds is 11. The van der Waals surface area contributed by atoms with Gasteiger partial charge < -0.3 is 20.1 Å². The number of fused-ring (bicyclic) bond motifs is 1. The summed E-state index contributed by atoms with van der Waals surface area (Å²) in [5.74, 6) is -0.526. The SMILES string of the molecule is CC(C)(C)NC(=O)OCC(Cc1ccc(NCCN2CCOCC2)cc1)N1Cc2ccc(F)cc2CC1Cc1ccc(F)cc1. The molecule has 3 aromatic carbocycles. The molecule has 2 N–H and O–H groups in total. The van der Waals surface area contributed by atoms with Gasteiger partial charge in [-0.3, -0.25) is 9.80 Å². The van der Waals surface area contributed by atoms with Gasteiger partial charge in [0.2, 0.25) is 0 Å². The molecule has 1 fully saturated rings. The van der Waals surface area contributed by atoms with Crippen LogP contribution in [0.5, 0.6) is 0 Å². The van der Waals surface area contributed by atoms with Crippen molar-refractivity contribution in [3.8, 4) is 0 Å². The van der Waals surface area contributed by atoms with Crippen LogP contribution < -0.4 is 10.6 Å². The fourth-order valence-electron chi connectivity index (χ4n) is 6.14. The minimum atomic E-state index is -0.457. The monoisotopic (exact) mass is 620 g/mol. The standard InChI is InChI=1S/C36H46F2N4O3/c1-36(2,3)40-35(43)45-25-34(21-27-6-12-32(13-7-27)39-14-15-41-16-18-44-19-17-41)42-24-28-8-11-31(38)22-29(28)23-33(42)20-26-4-9-30(37)10-5-26/h4-13,22,33-34,39H,14-21,23-25H2,1-3H3,(H,40,43). The molecule has 9 heteroatoms. The number of nitrogens with zero attached hydrogens (tertiary/aromatic N) is 2. The first-order chi connectivity index (χ1) is 21.6. The minimum Gasteiger partial charge on any atom is -0.448 e. The fourth-order valence-corrected chi connectivity index (χ4v) is 6.14. The van der Waals surface area contributed by atoms with Crippen LogP contribution in [0.4, 0.5) is 19.3 Å². The quantitative estimate of drug-likeness (QED) is 0.282. The molecule has 45 heavy (non-hydrogen) atoms. The molecule has 242 valence electrons. The number of amides is 1. The molecule has 0 saturated carbocycles. The van der Waals surface area contributed by atoms with E-state index in [4.69, 9.17) is 9.47 Å². The predicted octanol–water partition coefficient (Wildman–Crippen LogP) is 5.81. The molecule has 2 aliphatic rings. The van der Waals surface area contributed by atoms with Crippen molar-refractivity contribution in [2.24, 2.45) is 0 Å². The van der Waals surface area contributed by atoms with Crippen molar-refractivity contribution in [2.75, 3.05) is 51.3 Å². The number of hydrogen-bond acceptors (Lipinski definition) is 6. The molecular formula is C36H46F2N4O3. The third-order valence-electron chi connectivity index (χ3n) is 8.47. The van der Waals surface area contributed by atoms with E-state index in [9.17, 15) is 13.6 Å². The number of hydrogen-bond donors (Lipinski definition) is 2. The maximum absolute atomic E-state index is 14.3. The number of nitrogens with one attached hydrogen (secondary N) is 2. The van der Waals surface area contributed by atoms with Crippen molar-refractivity contribution >= 4 is 11.8 Å². The molecule has 2 heterocycles. The van der Waals surface area contributed by atoms with Crippen molar-refractivity contribution in [3.05, 3.63) is 101 Å². The molecule has 2 aliphatic heterocycles. The van der Waals surface area contributed by atoms with E-state index in [0.717, 1.165) is 67.3 Å². The topological polar surface area (TPSA) is 66.1 Å². The summed E-state index contributed by atoms with van der Waals surface area (Å²) >= 11 is 0. The largest absolute Gasteiger partial charge is 0.448 e. The number of carbonyl (C=O) groups is 1. The Kier molecular flexibility index (Phi) is 11.1. The first-order valence-electron chi connectivity index (χ1n) is 16.0. The summed E-state index contributed by atoms with van der Waals surface area (Å²) in [4.78, 5) is 17.5. The molecule has 0 radical (unpaired) electrons. The van der Waals surface area contributed by atoms with Gasteiger partial charge >= 0.3 is 6.09 Å². The van der Waals surface area contributed by atoms with Gasteiger partial charge in [-0.1, -0.05) is 30.3 Å². The molecule has 1 saturated heterocycles. The number of carbonyl (C=O) groups excluding carboxylic acids is 1. The second kappa shape index (κ2) is 15.2. The Labute approximate surface area is 265 Å². The van der Waals surface area contributed by atoms with E-state index in [1.54, 1.807) is 6.07 Å². The lowest BCUT2D eigenvalue weighted by molar-refractivity contribution is 0.0398. The first kappa shape index (κ1) is 32.9. The maximum Gasteiger partial charge on any atom is 0.407 e. The zero-order chi connectivity index (χ0) is 31.8. The van der Waals surface area contributed by atoms with E-state index in [1.807, 2.05) is 39.0 Å². The normalized spacial score (nSPS) is 18.2. The summed E-state index contributed by atoms with van der Waals surface area (Å²) in [5, 5.41) is 6.42. The molecule has 1 amide bonds. The van der Waals surface area contributed by atoms with Crippen LogP contribution in [-0.4, -0.2) is 79.5 Å². The Morgan fingerprint density at radius 3 is 2.36 bits per heavy atom. The third-order valence-corrected chi connectivity index (χ3v) is 8.47. The van der Waals surface area contributed by atoms with Crippen LogP contribution >= 0.6 is 0 Å². The number of ether oxygens (including phenoxy) is 2. The van der Waals surface area contributed by atoms with E-state index in [2.05, 4.69) is 44.7 Å². The Morgan fingerprint density at radius 2 is 1.64 bits per heavy atom.